The summed E-state index contributed by atoms with van der Waals surface area (Å²) >= 11 is 0. The van der Waals surface area contributed by atoms with Crippen molar-refractivity contribution in [3.8, 4) is 0 Å². The first-order chi connectivity index (χ1) is 9.36. The van der Waals surface area contributed by atoms with Gasteiger partial charge < -0.3 is 16.0 Å². The number of amides is 1. The molecule has 0 saturated heterocycles. The van der Waals surface area contributed by atoms with E-state index in [9.17, 15) is 9.18 Å². The molecule has 0 spiro atoms. The van der Waals surface area contributed by atoms with Crippen LogP contribution in [0.3, 0.4) is 0 Å². The average Bonchev–Trinajstić information content (AvgIpc) is 2.38. The summed E-state index contributed by atoms with van der Waals surface area (Å²) in [6.45, 7) is 6.24. The highest BCUT2D eigenvalue weighted by Gasteiger charge is 2.14. The van der Waals surface area contributed by atoms with E-state index in [1.54, 1.807) is 19.1 Å². The number of hydrogen-bond donors (Lipinski definition) is 2. The Morgan fingerprint density at radius 2 is 2.05 bits per heavy atom. The third kappa shape index (κ3) is 4.20. The summed E-state index contributed by atoms with van der Waals surface area (Å²) in [5.74, 6) is -0.661. The van der Waals surface area contributed by atoms with Gasteiger partial charge in [-0.3, -0.25) is 4.79 Å². The second kappa shape index (κ2) is 7.24. The monoisotopic (exact) mass is 281 g/mol. The Kier molecular flexibility index (Phi) is 5.95. The van der Waals surface area contributed by atoms with E-state index >= 15 is 0 Å². The highest BCUT2D eigenvalue weighted by Crippen LogP contribution is 2.23. The summed E-state index contributed by atoms with van der Waals surface area (Å²) in [4.78, 5) is 13.7. The highest BCUT2D eigenvalue weighted by molar-refractivity contribution is 5.92. The van der Waals surface area contributed by atoms with Crippen LogP contribution in [0.5, 0.6) is 0 Å². The lowest BCUT2D eigenvalue weighted by Crippen LogP contribution is -2.26. The van der Waals surface area contributed by atoms with Crippen LogP contribution in [0, 0.1) is 11.7 Å². The minimum absolute atomic E-state index is 0.139. The smallest absolute Gasteiger partial charge is 0.227 e. The number of nitrogens with two attached hydrogens (primary N) is 1. The van der Waals surface area contributed by atoms with Crippen LogP contribution in [0.4, 0.5) is 15.8 Å². The first kappa shape index (κ1) is 16.4. The van der Waals surface area contributed by atoms with Crippen LogP contribution in [0.15, 0.2) is 18.2 Å². The van der Waals surface area contributed by atoms with Crippen LogP contribution >= 0.6 is 0 Å². The molecule has 1 unspecified atom stereocenters. The van der Waals surface area contributed by atoms with Crippen molar-refractivity contribution in [1.82, 2.24) is 0 Å². The van der Waals surface area contributed by atoms with Gasteiger partial charge in [-0.2, -0.15) is 0 Å². The fraction of sp³-hybridized carbons (Fsp3) is 0.533. The summed E-state index contributed by atoms with van der Waals surface area (Å²) in [7, 11) is 1.84. The molecule has 0 aromatic heterocycles. The first-order valence-corrected chi connectivity index (χ1v) is 6.90. The van der Waals surface area contributed by atoms with Crippen molar-refractivity contribution in [3.63, 3.8) is 0 Å². The maximum absolute atomic E-state index is 14.0. The summed E-state index contributed by atoms with van der Waals surface area (Å²) in [6, 6.07) is 4.94. The predicted molar refractivity (Wildman–Crippen MR) is 81.4 cm³/mol. The molecule has 1 rings (SSSR count). The molecule has 112 valence electrons. The predicted octanol–water partition coefficient (Wildman–Crippen LogP) is 2.59. The number of carbonyl (C=O) groups is 1. The van der Waals surface area contributed by atoms with Crippen molar-refractivity contribution in [1.29, 1.82) is 0 Å². The Balaban J connectivity index is 2.80. The van der Waals surface area contributed by atoms with Gasteiger partial charge in [0.05, 0.1) is 5.69 Å². The number of nitrogens with one attached hydrogen (secondary N) is 1. The molecule has 0 fully saturated rings. The number of rotatable bonds is 6. The molecule has 0 saturated carbocycles. The second-order valence-electron chi connectivity index (χ2n) is 5.34. The van der Waals surface area contributed by atoms with Gasteiger partial charge in [-0.15, -0.1) is 0 Å². The van der Waals surface area contributed by atoms with Crippen molar-refractivity contribution in [2.75, 3.05) is 23.8 Å². The van der Waals surface area contributed by atoms with E-state index in [0.29, 0.717) is 24.3 Å². The van der Waals surface area contributed by atoms with Crippen molar-refractivity contribution < 1.29 is 9.18 Å². The number of nitrogens with zero attached hydrogens (tertiary/aromatic N) is 1. The maximum atomic E-state index is 14.0. The molecule has 1 aromatic rings. The number of anilines is 2. The van der Waals surface area contributed by atoms with E-state index in [4.69, 9.17) is 5.73 Å². The number of halogens is 1. The minimum Gasteiger partial charge on any atom is -0.370 e. The molecule has 20 heavy (non-hydrogen) atoms. The van der Waals surface area contributed by atoms with Crippen LogP contribution in [0.2, 0.25) is 0 Å². The average molecular weight is 281 g/mol. The molecular formula is C15H24FN3O. The summed E-state index contributed by atoms with van der Waals surface area (Å²) in [5.41, 5.74) is 6.41. The quantitative estimate of drug-likeness (QED) is 0.842. The van der Waals surface area contributed by atoms with Gasteiger partial charge >= 0.3 is 0 Å². The third-order valence-electron chi connectivity index (χ3n) is 3.42. The van der Waals surface area contributed by atoms with Gasteiger partial charge in [-0.25, -0.2) is 4.39 Å². The number of hydrogen-bond acceptors (Lipinski definition) is 3. The molecule has 0 aliphatic carbocycles. The Hall–Kier alpha value is -1.62. The molecule has 1 aromatic carbocycles. The minimum atomic E-state index is -0.342. The summed E-state index contributed by atoms with van der Waals surface area (Å²) < 4.78 is 14.0. The molecule has 3 N–H and O–H groups in total. The molecular weight excluding hydrogens is 257 g/mol. The molecule has 0 bridgehead atoms. The molecule has 5 heteroatoms. The summed E-state index contributed by atoms with van der Waals surface area (Å²) in [6.07, 6.45) is 0.614. The van der Waals surface area contributed by atoms with Crippen LogP contribution < -0.4 is 16.0 Å². The lowest BCUT2D eigenvalue weighted by atomic mass is 10.1. The highest BCUT2D eigenvalue weighted by atomic mass is 19.1. The van der Waals surface area contributed by atoms with Crippen molar-refractivity contribution in [3.05, 3.63) is 24.0 Å². The first-order valence-electron chi connectivity index (χ1n) is 6.90. The fourth-order valence-corrected chi connectivity index (χ4v) is 1.80. The van der Waals surface area contributed by atoms with Gasteiger partial charge in [0.15, 0.2) is 0 Å². The van der Waals surface area contributed by atoms with Crippen LogP contribution in [-0.4, -0.2) is 25.5 Å². The lowest BCUT2D eigenvalue weighted by Gasteiger charge is -2.24. The van der Waals surface area contributed by atoms with Crippen molar-refractivity contribution in [2.24, 2.45) is 11.7 Å². The Bertz CT molecular complexity index is 462. The number of carbonyl (C=O) groups excluding carboxylic acids is 1. The molecule has 1 atom stereocenters. The van der Waals surface area contributed by atoms with E-state index in [0.717, 1.165) is 0 Å². The molecule has 4 nitrogen and oxygen atoms in total. The zero-order valence-corrected chi connectivity index (χ0v) is 12.6. The van der Waals surface area contributed by atoms with Crippen molar-refractivity contribution >= 4 is 17.3 Å². The van der Waals surface area contributed by atoms with Crippen molar-refractivity contribution in [2.45, 2.75) is 33.2 Å². The molecule has 0 aliphatic heterocycles. The number of benzene rings is 1. The summed E-state index contributed by atoms with van der Waals surface area (Å²) in [5, 5.41) is 2.71. The molecule has 0 radical (unpaired) electrons. The van der Waals surface area contributed by atoms with Crippen LogP contribution in [-0.2, 0) is 4.79 Å². The lowest BCUT2D eigenvalue weighted by molar-refractivity contribution is -0.119. The van der Waals surface area contributed by atoms with Gasteiger partial charge in [0.25, 0.3) is 0 Å². The second-order valence-corrected chi connectivity index (χ2v) is 5.34. The van der Waals surface area contributed by atoms with Crippen LogP contribution in [0.25, 0.3) is 0 Å². The maximum Gasteiger partial charge on any atom is 0.227 e. The largest absolute Gasteiger partial charge is 0.370 e. The zero-order chi connectivity index (χ0) is 15.3. The van der Waals surface area contributed by atoms with E-state index in [1.165, 1.54) is 6.07 Å². The van der Waals surface area contributed by atoms with Gasteiger partial charge in [0.2, 0.25) is 5.91 Å². The SMILES string of the molecule is CC(CCN)C(=O)Nc1ccc(N(C)C(C)C)c(F)c1. The normalized spacial score (nSPS) is 12.3. The third-order valence-corrected chi connectivity index (χ3v) is 3.42. The van der Waals surface area contributed by atoms with Gasteiger partial charge in [-0.05, 0) is 45.0 Å². The molecule has 0 aliphatic rings. The van der Waals surface area contributed by atoms with E-state index in [-0.39, 0.29) is 23.7 Å². The Morgan fingerprint density at radius 3 is 2.55 bits per heavy atom. The van der Waals surface area contributed by atoms with Gasteiger partial charge in [-0.1, -0.05) is 6.92 Å². The van der Waals surface area contributed by atoms with Crippen LogP contribution in [0.1, 0.15) is 27.2 Å². The zero-order valence-electron chi connectivity index (χ0n) is 12.6. The standard InChI is InChI=1S/C15H24FN3O/c1-10(2)19(4)14-6-5-12(9-13(14)16)18-15(20)11(3)7-8-17/h5-6,9-11H,7-8,17H2,1-4H3,(H,18,20). The Labute approximate surface area is 120 Å². The molecule has 1 amide bonds. The topological polar surface area (TPSA) is 58.4 Å². The van der Waals surface area contributed by atoms with E-state index in [2.05, 4.69) is 5.32 Å². The van der Waals surface area contributed by atoms with Gasteiger partial charge in [0.1, 0.15) is 5.82 Å². The van der Waals surface area contributed by atoms with E-state index in [1.807, 2.05) is 25.8 Å². The Morgan fingerprint density at radius 1 is 1.40 bits per heavy atom. The van der Waals surface area contributed by atoms with Gasteiger partial charge in [0, 0.05) is 24.7 Å². The fourth-order valence-electron chi connectivity index (χ4n) is 1.80. The van der Waals surface area contributed by atoms with E-state index < -0.39 is 0 Å². The molecule has 0 heterocycles.